The molecule has 4 rings (SSSR count). The molecule has 1 heterocycles. The van der Waals surface area contributed by atoms with E-state index in [0.29, 0.717) is 24.6 Å². The molecule has 0 aliphatic carbocycles. The molecule has 1 aromatic heterocycles. The van der Waals surface area contributed by atoms with Gasteiger partial charge in [0.05, 0.1) is 23.7 Å². The second-order valence-corrected chi connectivity index (χ2v) is 8.04. The molecule has 1 atom stereocenters. The molecular formula is C28H30N4O2. The highest BCUT2D eigenvalue weighted by atomic mass is 16.5. The summed E-state index contributed by atoms with van der Waals surface area (Å²) < 4.78 is 7.63. The number of anilines is 1. The summed E-state index contributed by atoms with van der Waals surface area (Å²) in [5.41, 5.74) is 5.61. The molecule has 2 N–H and O–H groups in total. The summed E-state index contributed by atoms with van der Waals surface area (Å²) in [5, 5.41) is 11.2. The van der Waals surface area contributed by atoms with Gasteiger partial charge in [0.2, 0.25) is 5.91 Å². The van der Waals surface area contributed by atoms with Gasteiger partial charge in [-0.25, -0.2) is 4.68 Å². The third kappa shape index (κ3) is 5.18. The van der Waals surface area contributed by atoms with Crippen LogP contribution >= 0.6 is 0 Å². The minimum Gasteiger partial charge on any atom is -0.492 e. The first-order chi connectivity index (χ1) is 16.6. The fourth-order valence-corrected chi connectivity index (χ4v) is 4.02. The van der Waals surface area contributed by atoms with Gasteiger partial charge in [0.15, 0.2) is 0 Å². The summed E-state index contributed by atoms with van der Waals surface area (Å²) in [7, 11) is 0. The van der Waals surface area contributed by atoms with Crippen molar-refractivity contribution in [3.05, 3.63) is 107 Å². The van der Waals surface area contributed by atoms with Crippen molar-refractivity contribution in [2.45, 2.75) is 33.4 Å². The molecule has 0 radical (unpaired) electrons. The molecule has 0 aliphatic rings. The lowest BCUT2D eigenvalue weighted by Gasteiger charge is -2.20. The molecule has 0 bridgehead atoms. The van der Waals surface area contributed by atoms with Gasteiger partial charge < -0.3 is 10.1 Å². The molecule has 0 saturated heterocycles. The Morgan fingerprint density at radius 1 is 0.941 bits per heavy atom. The van der Waals surface area contributed by atoms with Gasteiger partial charge in [-0.1, -0.05) is 60.7 Å². The van der Waals surface area contributed by atoms with Crippen molar-refractivity contribution in [1.29, 1.82) is 0 Å². The van der Waals surface area contributed by atoms with Gasteiger partial charge in [-0.2, -0.15) is 5.10 Å². The molecule has 4 aromatic rings. The van der Waals surface area contributed by atoms with E-state index < -0.39 is 6.04 Å². The standard InChI is InChI=1S/C28H30N4O2/c1-4-34-26-18-12-11-17-25(26)30-28(33)27(22-13-7-5-8-14-22)29-19-24-20(2)31-32(21(24)3)23-15-9-6-10-16-23/h5-18,27,29H,4,19H2,1-3H3,(H,30,33)/t27-/m1/s1. The topological polar surface area (TPSA) is 68.2 Å². The van der Waals surface area contributed by atoms with Gasteiger partial charge in [-0.3, -0.25) is 10.1 Å². The van der Waals surface area contributed by atoms with Crippen LogP contribution in [0.25, 0.3) is 5.69 Å². The van der Waals surface area contributed by atoms with Crippen LogP contribution in [0.4, 0.5) is 5.69 Å². The van der Waals surface area contributed by atoms with Crippen molar-refractivity contribution in [3.63, 3.8) is 0 Å². The van der Waals surface area contributed by atoms with E-state index in [9.17, 15) is 4.79 Å². The van der Waals surface area contributed by atoms with Crippen LogP contribution in [0.5, 0.6) is 5.75 Å². The van der Waals surface area contributed by atoms with E-state index in [0.717, 1.165) is 28.2 Å². The summed E-state index contributed by atoms with van der Waals surface area (Å²) in [4.78, 5) is 13.4. The summed E-state index contributed by atoms with van der Waals surface area (Å²) in [5.74, 6) is 0.505. The zero-order valence-electron chi connectivity index (χ0n) is 19.8. The van der Waals surface area contributed by atoms with E-state index in [1.54, 1.807) is 0 Å². The van der Waals surface area contributed by atoms with Gasteiger partial charge in [0, 0.05) is 17.8 Å². The normalized spacial score (nSPS) is 11.7. The minimum absolute atomic E-state index is 0.149. The Labute approximate surface area is 200 Å². The first kappa shape index (κ1) is 23.3. The van der Waals surface area contributed by atoms with Crippen LogP contribution in [0.3, 0.4) is 0 Å². The molecular weight excluding hydrogens is 424 g/mol. The smallest absolute Gasteiger partial charge is 0.246 e. The van der Waals surface area contributed by atoms with Crippen LogP contribution in [0.1, 0.15) is 35.5 Å². The molecule has 0 fully saturated rings. The second-order valence-electron chi connectivity index (χ2n) is 8.04. The number of carbonyl (C=O) groups excluding carboxylic acids is 1. The Morgan fingerprint density at radius 3 is 2.29 bits per heavy atom. The highest BCUT2D eigenvalue weighted by Gasteiger charge is 2.23. The summed E-state index contributed by atoms with van der Waals surface area (Å²) in [6.45, 7) is 7.01. The molecule has 1 amide bonds. The van der Waals surface area contributed by atoms with E-state index in [2.05, 4.69) is 17.6 Å². The van der Waals surface area contributed by atoms with Crippen LogP contribution in [-0.2, 0) is 11.3 Å². The molecule has 6 heteroatoms. The predicted molar refractivity (Wildman–Crippen MR) is 135 cm³/mol. The average Bonchev–Trinajstić information content (AvgIpc) is 3.15. The summed E-state index contributed by atoms with van der Waals surface area (Å²) in [6.07, 6.45) is 0. The van der Waals surface area contributed by atoms with Gasteiger partial charge in [0.1, 0.15) is 11.8 Å². The zero-order chi connectivity index (χ0) is 23.9. The number of nitrogens with one attached hydrogen (secondary N) is 2. The average molecular weight is 455 g/mol. The third-order valence-corrected chi connectivity index (χ3v) is 5.76. The number of carbonyl (C=O) groups is 1. The quantitative estimate of drug-likeness (QED) is 0.357. The third-order valence-electron chi connectivity index (χ3n) is 5.76. The van der Waals surface area contributed by atoms with Crippen molar-refractivity contribution in [1.82, 2.24) is 15.1 Å². The summed E-state index contributed by atoms with van der Waals surface area (Å²) in [6, 6.07) is 26.7. The van der Waals surface area contributed by atoms with Crippen molar-refractivity contribution in [2.24, 2.45) is 0 Å². The fraction of sp³-hybridized carbons (Fsp3) is 0.214. The highest BCUT2D eigenvalue weighted by Crippen LogP contribution is 2.26. The number of para-hydroxylation sites is 3. The number of hydrogen-bond acceptors (Lipinski definition) is 4. The van der Waals surface area contributed by atoms with Gasteiger partial charge in [0.25, 0.3) is 0 Å². The molecule has 0 unspecified atom stereocenters. The van der Waals surface area contributed by atoms with E-state index in [1.807, 2.05) is 103 Å². The Morgan fingerprint density at radius 2 is 1.59 bits per heavy atom. The maximum absolute atomic E-state index is 13.4. The van der Waals surface area contributed by atoms with Crippen LogP contribution < -0.4 is 15.4 Å². The van der Waals surface area contributed by atoms with Crippen molar-refractivity contribution in [3.8, 4) is 11.4 Å². The first-order valence-corrected chi connectivity index (χ1v) is 11.5. The number of aryl methyl sites for hydroxylation is 1. The number of benzene rings is 3. The monoisotopic (exact) mass is 454 g/mol. The predicted octanol–water partition coefficient (Wildman–Crippen LogP) is 5.36. The number of hydrogen-bond donors (Lipinski definition) is 2. The molecule has 0 saturated carbocycles. The summed E-state index contributed by atoms with van der Waals surface area (Å²) >= 11 is 0. The van der Waals surface area contributed by atoms with Crippen LogP contribution in [0, 0.1) is 13.8 Å². The van der Waals surface area contributed by atoms with E-state index in [4.69, 9.17) is 9.84 Å². The maximum Gasteiger partial charge on any atom is 0.246 e. The largest absolute Gasteiger partial charge is 0.492 e. The lowest BCUT2D eigenvalue weighted by atomic mass is 10.0. The fourth-order valence-electron chi connectivity index (χ4n) is 4.02. The highest BCUT2D eigenvalue weighted by molar-refractivity contribution is 5.96. The maximum atomic E-state index is 13.4. The molecule has 34 heavy (non-hydrogen) atoms. The molecule has 6 nitrogen and oxygen atoms in total. The molecule has 174 valence electrons. The number of nitrogens with zero attached hydrogens (tertiary/aromatic N) is 2. The van der Waals surface area contributed by atoms with E-state index in [-0.39, 0.29) is 5.91 Å². The number of rotatable bonds is 9. The zero-order valence-corrected chi connectivity index (χ0v) is 19.8. The van der Waals surface area contributed by atoms with E-state index >= 15 is 0 Å². The van der Waals surface area contributed by atoms with E-state index in [1.165, 1.54) is 0 Å². The van der Waals surface area contributed by atoms with Crippen LogP contribution in [0.2, 0.25) is 0 Å². The lowest BCUT2D eigenvalue weighted by Crippen LogP contribution is -2.33. The molecule has 3 aromatic carbocycles. The Balaban J connectivity index is 1.58. The molecule has 0 aliphatic heterocycles. The van der Waals surface area contributed by atoms with Gasteiger partial charge in [-0.05, 0) is 50.6 Å². The van der Waals surface area contributed by atoms with Crippen molar-refractivity contribution >= 4 is 11.6 Å². The van der Waals surface area contributed by atoms with Gasteiger partial charge >= 0.3 is 0 Å². The van der Waals surface area contributed by atoms with Crippen LogP contribution in [-0.4, -0.2) is 22.3 Å². The number of aromatic nitrogens is 2. The minimum atomic E-state index is -0.547. The Bertz CT molecular complexity index is 1240. The number of ether oxygens (including phenoxy) is 1. The number of amides is 1. The second kappa shape index (κ2) is 10.8. The van der Waals surface area contributed by atoms with Crippen molar-refractivity contribution in [2.75, 3.05) is 11.9 Å². The SMILES string of the molecule is CCOc1ccccc1NC(=O)[C@H](NCc1c(C)nn(-c2ccccc2)c1C)c1ccccc1. The van der Waals surface area contributed by atoms with Gasteiger partial charge in [-0.15, -0.1) is 0 Å². The lowest BCUT2D eigenvalue weighted by molar-refractivity contribution is -0.118. The van der Waals surface area contributed by atoms with Crippen molar-refractivity contribution < 1.29 is 9.53 Å². The first-order valence-electron chi connectivity index (χ1n) is 11.5. The Kier molecular flexibility index (Phi) is 7.40. The Hall–Kier alpha value is -3.90. The van der Waals surface area contributed by atoms with Crippen LogP contribution in [0.15, 0.2) is 84.9 Å². The molecule has 0 spiro atoms.